The number of aromatic nitrogens is 3. The van der Waals surface area contributed by atoms with E-state index in [0.717, 1.165) is 5.69 Å². The van der Waals surface area contributed by atoms with Crippen molar-refractivity contribution in [2.24, 2.45) is 5.92 Å². The Kier molecular flexibility index (Phi) is 4.88. The van der Waals surface area contributed by atoms with Crippen LogP contribution in [0.15, 0.2) is 36.7 Å². The van der Waals surface area contributed by atoms with Gasteiger partial charge in [0, 0.05) is 5.56 Å². The maximum absolute atomic E-state index is 12.1. The molecule has 0 radical (unpaired) electrons. The Morgan fingerprint density at radius 3 is 2.45 bits per heavy atom. The Hall–Kier alpha value is -2.70. The van der Waals surface area contributed by atoms with Gasteiger partial charge in [-0.25, -0.2) is 9.48 Å². The SMILES string of the molecule is CC(C)C[C@H](NC(=O)c1ccc(-n2ccnn2)cc1)C(=O)O. The van der Waals surface area contributed by atoms with Gasteiger partial charge in [0.25, 0.3) is 5.91 Å². The molecule has 22 heavy (non-hydrogen) atoms. The van der Waals surface area contributed by atoms with Gasteiger partial charge < -0.3 is 10.4 Å². The topological polar surface area (TPSA) is 97.1 Å². The summed E-state index contributed by atoms with van der Waals surface area (Å²) in [5, 5.41) is 19.3. The smallest absolute Gasteiger partial charge is 0.326 e. The number of aliphatic carboxylic acids is 1. The van der Waals surface area contributed by atoms with E-state index in [-0.39, 0.29) is 5.92 Å². The Morgan fingerprint density at radius 1 is 1.27 bits per heavy atom. The molecule has 0 fully saturated rings. The number of carboxylic acids is 1. The second kappa shape index (κ2) is 6.84. The molecule has 1 aromatic heterocycles. The normalized spacial score (nSPS) is 12.1. The lowest BCUT2D eigenvalue weighted by Crippen LogP contribution is -2.41. The molecule has 116 valence electrons. The van der Waals surface area contributed by atoms with E-state index in [4.69, 9.17) is 5.11 Å². The summed E-state index contributed by atoms with van der Waals surface area (Å²) >= 11 is 0. The number of carboxylic acid groups (broad SMARTS) is 1. The molecule has 1 aromatic carbocycles. The molecular formula is C15H18N4O3. The summed E-state index contributed by atoms with van der Waals surface area (Å²) in [4.78, 5) is 23.3. The van der Waals surface area contributed by atoms with E-state index < -0.39 is 17.9 Å². The van der Waals surface area contributed by atoms with Crippen molar-refractivity contribution in [2.75, 3.05) is 0 Å². The Morgan fingerprint density at radius 2 is 1.95 bits per heavy atom. The molecule has 0 aliphatic carbocycles. The van der Waals surface area contributed by atoms with E-state index in [9.17, 15) is 9.59 Å². The molecule has 0 saturated carbocycles. The number of hydrogen-bond acceptors (Lipinski definition) is 4. The van der Waals surface area contributed by atoms with Gasteiger partial charge in [-0.15, -0.1) is 5.10 Å². The van der Waals surface area contributed by atoms with Crippen LogP contribution in [0, 0.1) is 5.92 Å². The molecule has 0 saturated heterocycles. The van der Waals surface area contributed by atoms with E-state index in [1.165, 1.54) is 0 Å². The zero-order valence-electron chi connectivity index (χ0n) is 12.4. The van der Waals surface area contributed by atoms with Gasteiger partial charge in [-0.05, 0) is 36.6 Å². The first-order valence-corrected chi connectivity index (χ1v) is 6.98. The first-order chi connectivity index (χ1) is 10.5. The van der Waals surface area contributed by atoms with Crippen LogP contribution in [-0.2, 0) is 4.79 Å². The number of hydrogen-bond donors (Lipinski definition) is 2. The van der Waals surface area contributed by atoms with Crippen molar-refractivity contribution in [3.63, 3.8) is 0 Å². The molecular weight excluding hydrogens is 284 g/mol. The fourth-order valence-electron chi connectivity index (χ4n) is 2.05. The highest BCUT2D eigenvalue weighted by molar-refractivity contribution is 5.96. The number of amides is 1. The Balaban J connectivity index is 2.07. The lowest BCUT2D eigenvalue weighted by molar-refractivity contribution is -0.139. The predicted octanol–water partition coefficient (Wildman–Crippen LogP) is 1.50. The van der Waals surface area contributed by atoms with Crippen molar-refractivity contribution in [1.82, 2.24) is 20.3 Å². The minimum Gasteiger partial charge on any atom is -0.480 e. The van der Waals surface area contributed by atoms with Gasteiger partial charge >= 0.3 is 5.97 Å². The number of nitrogens with one attached hydrogen (secondary N) is 1. The second-order valence-electron chi connectivity index (χ2n) is 5.39. The predicted molar refractivity (Wildman–Crippen MR) is 79.7 cm³/mol. The van der Waals surface area contributed by atoms with Crippen LogP contribution in [-0.4, -0.2) is 38.0 Å². The van der Waals surface area contributed by atoms with Crippen LogP contribution in [0.4, 0.5) is 0 Å². The average Bonchev–Trinajstić information content (AvgIpc) is 3.00. The van der Waals surface area contributed by atoms with E-state index in [1.807, 2.05) is 13.8 Å². The van der Waals surface area contributed by atoms with Gasteiger partial charge in [-0.3, -0.25) is 4.79 Å². The lowest BCUT2D eigenvalue weighted by Gasteiger charge is -2.16. The summed E-state index contributed by atoms with van der Waals surface area (Å²) in [5.74, 6) is -1.25. The van der Waals surface area contributed by atoms with E-state index in [0.29, 0.717) is 12.0 Å². The van der Waals surface area contributed by atoms with Gasteiger partial charge in [0.05, 0.1) is 18.1 Å². The number of nitrogens with zero attached hydrogens (tertiary/aromatic N) is 3. The zero-order valence-corrected chi connectivity index (χ0v) is 12.4. The van der Waals surface area contributed by atoms with Crippen LogP contribution in [0.25, 0.3) is 5.69 Å². The number of carbonyl (C=O) groups excluding carboxylic acids is 1. The summed E-state index contributed by atoms with van der Waals surface area (Å²) < 4.78 is 1.57. The van der Waals surface area contributed by atoms with Crippen LogP contribution in [0.1, 0.15) is 30.6 Å². The minimum atomic E-state index is -1.03. The molecule has 7 nitrogen and oxygen atoms in total. The maximum atomic E-state index is 12.1. The summed E-state index contributed by atoms with van der Waals surface area (Å²) in [6, 6.07) is 5.81. The molecule has 1 amide bonds. The zero-order chi connectivity index (χ0) is 16.1. The standard InChI is InChI=1S/C15H18N4O3/c1-10(2)9-13(15(21)22)17-14(20)11-3-5-12(6-4-11)19-8-7-16-18-19/h3-8,10,13H,9H2,1-2H3,(H,17,20)(H,21,22)/t13-/m0/s1. The Bertz CT molecular complexity index is 635. The average molecular weight is 302 g/mol. The largest absolute Gasteiger partial charge is 0.480 e. The molecule has 0 aliphatic heterocycles. The molecule has 2 N–H and O–H groups in total. The van der Waals surface area contributed by atoms with Crippen LogP contribution in [0.3, 0.4) is 0 Å². The minimum absolute atomic E-state index is 0.177. The van der Waals surface area contributed by atoms with Crippen molar-refractivity contribution in [3.8, 4) is 5.69 Å². The summed E-state index contributed by atoms with van der Waals surface area (Å²) in [7, 11) is 0. The van der Waals surface area contributed by atoms with Crippen molar-refractivity contribution >= 4 is 11.9 Å². The first kappa shape index (κ1) is 15.7. The lowest BCUT2D eigenvalue weighted by atomic mass is 10.0. The molecule has 7 heteroatoms. The quantitative estimate of drug-likeness (QED) is 0.842. The molecule has 0 aliphatic rings. The van der Waals surface area contributed by atoms with Crippen molar-refractivity contribution in [2.45, 2.75) is 26.3 Å². The molecule has 0 spiro atoms. The van der Waals surface area contributed by atoms with Crippen LogP contribution in [0.2, 0.25) is 0 Å². The molecule has 2 aromatic rings. The van der Waals surface area contributed by atoms with Gasteiger partial charge in [-0.1, -0.05) is 19.1 Å². The third kappa shape index (κ3) is 3.91. The van der Waals surface area contributed by atoms with E-state index in [2.05, 4.69) is 15.6 Å². The fourth-order valence-corrected chi connectivity index (χ4v) is 2.05. The molecule has 0 unspecified atom stereocenters. The molecule has 1 heterocycles. The monoisotopic (exact) mass is 302 g/mol. The van der Waals surface area contributed by atoms with Crippen LogP contribution in [0.5, 0.6) is 0 Å². The number of rotatable bonds is 6. The summed E-state index contributed by atoms with van der Waals surface area (Å²) in [6.07, 6.45) is 3.64. The molecule has 2 rings (SSSR count). The van der Waals surface area contributed by atoms with Gasteiger partial charge in [0.15, 0.2) is 0 Å². The van der Waals surface area contributed by atoms with E-state index >= 15 is 0 Å². The maximum Gasteiger partial charge on any atom is 0.326 e. The first-order valence-electron chi connectivity index (χ1n) is 6.98. The fraction of sp³-hybridized carbons (Fsp3) is 0.333. The molecule has 0 bridgehead atoms. The summed E-state index contributed by atoms with van der Waals surface area (Å²) in [5.41, 5.74) is 1.17. The number of carbonyl (C=O) groups is 2. The highest BCUT2D eigenvalue weighted by atomic mass is 16.4. The van der Waals surface area contributed by atoms with E-state index in [1.54, 1.807) is 41.3 Å². The van der Waals surface area contributed by atoms with Gasteiger partial charge in [0.2, 0.25) is 0 Å². The Labute approximate surface area is 128 Å². The van der Waals surface area contributed by atoms with Crippen molar-refractivity contribution in [3.05, 3.63) is 42.2 Å². The van der Waals surface area contributed by atoms with Crippen molar-refractivity contribution < 1.29 is 14.7 Å². The number of benzene rings is 1. The third-order valence-electron chi connectivity index (χ3n) is 3.13. The van der Waals surface area contributed by atoms with Crippen LogP contribution < -0.4 is 5.32 Å². The van der Waals surface area contributed by atoms with Crippen molar-refractivity contribution in [1.29, 1.82) is 0 Å². The van der Waals surface area contributed by atoms with Gasteiger partial charge in [-0.2, -0.15) is 0 Å². The third-order valence-corrected chi connectivity index (χ3v) is 3.13. The highest BCUT2D eigenvalue weighted by Crippen LogP contribution is 2.10. The van der Waals surface area contributed by atoms with Crippen LogP contribution >= 0.6 is 0 Å². The summed E-state index contributed by atoms with van der Waals surface area (Å²) in [6.45, 7) is 3.82. The van der Waals surface area contributed by atoms with Gasteiger partial charge in [0.1, 0.15) is 6.04 Å². The molecule has 1 atom stereocenters. The highest BCUT2D eigenvalue weighted by Gasteiger charge is 2.21. The second-order valence-corrected chi connectivity index (χ2v) is 5.39.